The Kier molecular flexibility index (Phi) is 20.4. The van der Waals surface area contributed by atoms with E-state index < -0.39 is 0 Å². The normalized spacial score (nSPS) is 9.00. The van der Waals surface area contributed by atoms with Crippen molar-refractivity contribution >= 4 is 0 Å². The first-order chi connectivity index (χ1) is 5.83. The summed E-state index contributed by atoms with van der Waals surface area (Å²) in [5.41, 5.74) is 0. The van der Waals surface area contributed by atoms with Gasteiger partial charge in [0.05, 0.1) is 0 Å². The molecular weight excluding hydrogens is 152 g/mol. The first-order valence-corrected chi connectivity index (χ1v) is 4.41. The maximum atomic E-state index is 3.26. The van der Waals surface area contributed by atoms with Gasteiger partial charge in [-0.1, -0.05) is 0 Å². The van der Waals surface area contributed by atoms with Crippen LogP contribution in [-0.2, 0) is 0 Å². The third-order valence-corrected chi connectivity index (χ3v) is 1.10. The molecule has 0 aromatic heterocycles. The molecule has 0 aliphatic carbocycles. The van der Waals surface area contributed by atoms with Crippen LogP contribution in [0.3, 0.4) is 0 Å². The fraction of sp³-hybridized carbons (Fsp3) is 1.00. The Bertz CT molecular complexity index is 53.0. The summed E-state index contributed by atoms with van der Waals surface area (Å²) in [5, 5.41) is 12.1. The Labute approximate surface area is 76.5 Å². The van der Waals surface area contributed by atoms with Crippen LogP contribution >= 0.6 is 0 Å². The second kappa shape index (κ2) is 17.1. The van der Waals surface area contributed by atoms with E-state index in [0.29, 0.717) is 0 Å². The Morgan fingerprint density at radius 1 is 0.667 bits per heavy atom. The smallest absolute Gasteiger partial charge is 0.00771 e. The predicted molar refractivity (Wildman–Crippen MR) is 55.7 cm³/mol. The van der Waals surface area contributed by atoms with Crippen molar-refractivity contribution in [2.75, 3.05) is 54.4 Å². The standard InChI is InChI=1S/C6H17N3.C2H7N/c1-7-3-5-9-6-4-8-2;1-3-2/h7-9H,3-6H2,1-2H3;3H,1-2H3. The van der Waals surface area contributed by atoms with Crippen molar-refractivity contribution in [3.05, 3.63) is 0 Å². The lowest BCUT2D eigenvalue weighted by atomic mass is 10.5. The molecular formula is C8H24N4. The van der Waals surface area contributed by atoms with Gasteiger partial charge >= 0.3 is 0 Å². The summed E-state index contributed by atoms with van der Waals surface area (Å²) >= 11 is 0. The number of rotatable bonds is 6. The van der Waals surface area contributed by atoms with Gasteiger partial charge in [-0.05, 0) is 28.2 Å². The monoisotopic (exact) mass is 176 g/mol. The van der Waals surface area contributed by atoms with Gasteiger partial charge in [-0.15, -0.1) is 0 Å². The molecule has 0 rings (SSSR count). The summed E-state index contributed by atoms with van der Waals surface area (Å²) in [6, 6.07) is 0. The quantitative estimate of drug-likeness (QED) is 0.386. The molecule has 12 heavy (non-hydrogen) atoms. The topological polar surface area (TPSA) is 48.1 Å². The molecule has 4 N–H and O–H groups in total. The molecule has 4 heteroatoms. The van der Waals surface area contributed by atoms with Crippen LogP contribution in [0.15, 0.2) is 0 Å². The summed E-state index contributed by atoms with van der Waals surface area (Å²) in [4.78, 5) is 0. The third-order valence-electron chi connectivity index (χ3n) is 1.10. The Morgan fingerprint density at radius 3 is 1.25 bits per heavy atom. The van der Waals surface area contributed by atoms with E-state index in [1.165, 1.54) is 0 Å². The van der Waals surface area contributed by atoms with Crippen molar-refractivity contribution < 1.29 is 0 Å². The molecule has 0 aromatic carbocycles. The molecule has 4 nitrogen and oxygen atoms in total. The van der Waals surface area contributed by atoms with Gasteiger partial charge < -0.3 is 21.3 Å². The highest BCUT2D eigenvalue weighted by Crippen LogP contribution is 1.55. The molecule has 0 atom stereocenters. The van der Waals surface area contributed by atoms with E-state index in [1.807, 2.05) is 28.2 Å². The van der Waals surface area contributed by atoms with E-state index in [4.69, 9.17) is 0 Å². The third kappa shape index (κ3) is 22.5. The van der Waals surface area contributed by atoms with Gasteiger partial charge in [-0.2, -0.15) is 0 Å². The number of hydrogen-bond donors (Lipinski definition) is 4. The van der Waals surface area contributed by atoms with Gasteiger partial charge in [0.2, 0.25) is 0 Å². The van der Waals surface area contributed by atoms with Crippen LogP contribution in [0.4, 0.5) is 0 Å². The van der Waals surface area contributed by atoms with Crippen LogP contribution in [0.1, 0.15) is 0 Å². The van der Waals surface area contributed by atoms with Crippen LogP contribution < -0.4 is 21.3 Å². The maximum Gasteiger partial charge on any atom is 0.00771 e. The summed E-state index contributed by atoms with van der Waals surface area (Å²) in [7, 11) is 7.67. The van der Waals surface area contributed by atoms with Crippen LogP contribution in [0.25, 0.3) is 0 Å². The van der Waals surface area contributed by atoms with Crippen molar-refractivity contribution in [1.29, 1.82) is 0 Å². The van der Waals surface area contributed by atoms with Crippen LogP contribution in [-0.4, -0.2) is 54.4 Å². The van der Waals surface area contributed by atoms with Gasteiger partial charge in [0.15, 0.2) is 0 Å². The van der Waals surface area contributed by atoms with Crippen molar-refractivity contribution in [2.24, 2.45) is 0 Å². The van der Waals surface area contributed by atoms with E-state index in [9.17, 15) is 0 Å². The van der Waals surface area contributed by atoms with Gasteiger partial charge in [0.25, 0.3) is 0 Å². The SMILES string of the molecule is CNC.CNCCNCCNC. The lowest BCUT2D eigenvalue weighted by molar-refractivity contribution is 0.627. The Morgan fingerprint density at radius 2 is 1.00 bits per heavy atom. The Hall–Kier alpha value is -0.160. The lowest BCUT2D eigenvalue weighted by Gasteiger charge is -2.01. The lowest BCUT2D eigenvalue weighted by Crippen LogP contribution is -2.30. The van der Waals surface area contributed by atoms with Crippen LogP contribution in [0.5, 0.6) is 0 Å². The van der Waals surface area contributed by atoms with E-state index >= 15 is 0 Å². The van der Waals surface area contributed by atoms with E-state index in [2.05, 4.69) is 21.3 Å². The molecule has 0 saturated heterocycles. The first kappa shape index (κ1) is 14.4. The van der Waals surface area contributed by atoms with Gasteiger partial charge in [0, 0.05) is 26.2 Å². The zero-order chi connectivity index (χ0) is 9.66. The first-order valence-electron chi connectivity index (χ1n) is 4.41. The fourth-order valence-electron chi connectivity index (χ4n) is 0.552. The van der Waals surface area contributed by atoms with Crippen molar-refractivity contribution in [1.82, 2.24) is 21.3 Å². The molecule has 0 fully saturated rings. The second-order valence-electron chi connectivity index (χ2n) is 2.46. The summed E-state index contributed by atoms with van der Waals surface area (Å²) in [6.07, 6.45) is 0. The van der Waals surface area contributed by atoms with Crippen molar-refractivity contribution in [2.45, 2.75) is 0 Å². The number of hydrogen-bond acceptors (Lipinski definition) is 4. The summed E-state index contributed by atoms with van der Waals surface area (Å²) < 4.78 is 0. The number of likely N-dealkylation sites (N-methyl/N-ethyl adjacent to an activating group) is 2. The van der Waals surface area contributed by atoms with E-state index in [1.54, 1.807) is 0 Å². The molecule has 0 aliphatic heterocycles. The van der Waals surface area contributed by atoms with Crippen LogP contribution in [0.2, 0.25) is 0 Å². The highest BCUT2D eigenvalue weighted by atomic mass is 14.9. The van der Waals surface area contributed by atoms with Gasteiger partial charge in [-0.25, -0.2) is 0 Å². The van der Waals surface area contributed by atoms with Crippen molar-refractivity contribution in [3.8, 4) is 0 Å². The average Bonchev–Trinajstić information content (AvgIpc) is 2.06. The molecule has 0 saturated carbocycles. The van der Waals surface area contributed by atoms with E-state index in [-0.39, 0.29) is 0 Å². The minimum atomic E-state index is 1.05. The largest absolute Gasteiger partial charge is 0.323 e. The molecule has 0 amide bonds. The number of nitrogens with one attached hydrogen (secondary N) is 4. The molecule has 0 unspecified atom stereocenters. The molecule has 0 radical (unpaired) electrons. The zero-order valence-corrected chi connectivity index (χ0v) is 8.83. The zero-order valence-electron chi connectivity index (χ0n) is 8.83. The summed E-state index contributed by atoms with van der Waals surface area (Å²) in [5.74, 6) is 0. The average molecular weight is 176 g/mol. The minimum absolute atomic E-state index is 1.05. The van der Waals surface area contributed by atoms with Gasteiger partial charge in [-0.3, -0.25) is 0 Å². The van der Waals surface area contributed by atoms with Crippen LogP contribution in [0, 0.1) is 0 Å². The summed E-state index contributed by atoms with van der Waals surface area (Å²) in [6.45, 7) is 4.20. The van der Waals surface area contributed by atoms with E-state index in [0.717, 1.165) is 26.2 Å². The van der Waals surface area contributed by atoms with Crippen molar-refractivity contribution in [3.63, 3.8) is 0 Å². The highest BCUT2D eigenvalue weighted by Gasteiger charge is 1.81. The molecule has 0 aromatic rings. The second-order valence-corrected chi connectivity index (χ2v) is 2.46. The fourth-order valence-corrected chi connectivity index (χ4v) is 0.552. The van der Waals surface area contributed by atoms with Gasteiger partial charge in [0.1, 0.15) is 0 Å². The Balaban J connectivity index is 0. The predicted octanol–water partition coefficient (Wildman–Crippen LogP) is -1.15. The molecule has 0 spiro atoms. The maximum absolute atomic E-state index is 3.26. The molecule has 0 heterocycles. The molecule has 0 bridgehead atoms. The molecule has 0 aliphatic rings. The highest BCUT2D eigenvalue weighted by molar-refractivity contribution is 4.49. The molecule has 76 valence electrons. The minimum Gasteiger partial charge on any atom is -0.323 e.